The van der Waals surface area contributed by atoms with Crippen LogP contribution in [0.1, 0.15) is 48.7 Å². The number of ether oxygens (including phenoxy) is 1. The van der Waals surface area contributed by atoms with Gasteiger partial charge in [-0.05, 0) is 65.2 Å². The van der Waals surface area contributed by atoms with Crippen LogP contribution in [0.2, 0.25) is 15.2 Å². The number of hydrogen-bond acceptors (Lipinski definition) is 8. The number of alkyl halides is 3. The largest absolute Gasteiger partial charge is 0.469 e. The Labute approximate surface area is 275 Å². The third-order valence-corrected chi connectivity index (χ3v) is 8.15. The Kier molecular flexibility index (Phi) is 10.2. The van der Waals surface area contributed by atoms with Crippen molar-refractivity contribution in [2.45, 2.75) is 50.4 Å². The maximum Gasteiger partial charge on any atom is 0.408 e. The molecule has 2 aromatic heterocycles. The maximum absolute atomic E-state index is 14.2. The molecule has 11 nitrogen and oxygen atoms in total. The summed E-state index contributed by atoms with van der Waals surface area (Å²) in [4.78, 5) is 32.7. The lowest BCUT2D eigenvalue weighted by atomic mass is 10.0. The quantitative estimate of drug-likeness (QED) is 0.153. The number of carbonyl (C=O) groups is 2. The van der Waals surface area contributed by atoms with Gasteiger partial charge in [-0.3, -0.25) is 9.59 Å². The van der Waals surface area contributed by atoms with Gasteiger partial charge >= 0.3 is 12.1 Å². The summed E-state index contributed by atoms with van der Waals surface area (Å²) in [5.74, 6) is -0.816. The third kappa shape index (κ3) is 7.80. The molecule has 2 atom stereocenters. The maximum atomic E-state index is 14.2. The zero-order chi connectivity index (χ0) is 33.0. The lowest BCUT2D eigenvalue weighted by Gasteiger charge is -2.25. The van der Waals surface area contributed by atoms with Crippen molar-refractivity contribution < 1.29 is 27.5 Å². The Morgan fingerprint density at radius 2 is 1.93 bits per heavy atom. The number of benzene rings is 2. The highest BCUT2D eigenvalue weighted by Crippen LogP contribution is 2.40. The van der Waals surface area contributed by atoms with Crippen molar-refractivity contribution in [3.8, 4) is 16.9 Å². The molecule has 1 amide bonds. The van der Waals surface area contributed by atoms with E-state index in [-0.39, 0.29) is 58.4 Å². The fourth-order valence-corrected chi connectivity index (χ4v) is 5.67. The van der Waals surface area contributed by atoms with Gasteiger partial charge in [0.15, 0.2) is 0 Å². The van der Waals surface area contributed by atoms with Crippen LogP contribution in [0.5, 0.6) is 0 Å². The van der Waals surface area contributed by atoms with Crippen LogP contribution >= 0.6 is 34.8 Å². The van der Waals surface area contributed by atoms with Crippen molar-refractivity contribution in [1.82, 2.24) is 35.5 Å². The first kappa shape index (κ1) is 33.2. The Morgan fingerprint density at radius 1 is 1.15 bits per heavy atom. The second-order valence-electron chi connectivity index (χ2n) is 10.4. The van der Waals surface area contributed by atoms with E-state index in [9.17, 15) is 22.8 Å². The van der Waals surface area contributed by atoms with E-state index in [2.05, 4.69) is 36.1 Å². The molecule has 5 rings (SSSR count). The van der Waals surface area contributed by atoms with Gasteiger partial charge in [0.2, 0.25) is 5.91 Å². The Morgan fingerprint density at radius 3 is 2.65 bits per heavy atom. The van der Waals surface area contributed by atoms with Gasteiger partial charge in [0.05, 0.1) is 25.3 Å². The standard InChI is InChI=1S/C29H26Cl3F3N8O3/c1-46-25(45)12-16-11-21-18(13-19(16)31)26-27(32)40-28(39-26)20(4-2-3-5-23(37-21)29(33,34)35)38-24(44)9-6-15-10-17(30)7-8-22(15)43-14-36-41-42-43/h6-11,13-14,20,23,37H,2-5,12H2,1H3,(H,38,44)(H,39,40)/b9-6+/t20-,23-/m0/s1. The molecule has 0 spiro atoms. The number of amides is 1. The van der Waals surface area contributed by atoms with E-state index in [1.54, 1.807) is 18.2 Å². The number of esters is 1. The molecular formula is C29H26Cl3F3N8O3. The molecule has 0 fully saturated rings. The highest BCUT2D eigenvalue weighted by atomic mass is 35.5. The number of nitrogens with one attached hydrogen (secondary N) is 3. The van der Waals surface area contributed by atoms with Crippen LogP contribution < -0.4 is 10.6 Å². The predicted molar refractivity (Wildman–Crippen MR) is 166 cm³/mol. The Bertz CT molecular complexity index is 1760. The van der Waals surface area contributed by atoms with Gasteiger partial charge in [-0.1, -0.05) is 47.6 Å². The molecule has 2 bridgehead atoms. The van der Waals surface area contributed by atoms with Gasteiger partial charge < -0.3 is 20.4 Å². The SMILES string of the molecule is COC(=O)Cc1cc2c(cc1Cl)-c1nc([nH]c1Cl)[C@@H](NC(=O)/C=C/c1cc(Cl)ccc1-n1cnnn1)CCCC[C@@H](C(F)(F)F)N2. The first-order valence-corrected chi connectivity index (χ1v) is 15.1. The van der Waals surface area contributed by atoms with Crippen LogP contribution in [-0.4, -0.2) is 61.4 Å². The lowest BCUT2D eigenvalue weighted by Crippen LogP contribution is -2.36. The summed E-state index contributed by atoms with van der Waals surface area (Å²) < 4.78 is 48.6. The average molecular weight is 698 g/mol. The third-order valence-electron chi connectivity index (χ3n) is 7.29. The first-order valence-electron chi connectivity index (χ1n) is 13.9. The van der Waals surface area contributed by atoms with E-state index in [0.29, 0.717) is 28.5 Å². The number of H-pyrrole nitrogens is 1. The fourth-order valence-electron chi connectivity index (χ4n) is 5.01. The monoisotopic (exact) mass is 696 g/mol. The molecule has 0 unspecified atom stereocenters. The van der Waals surface area contributed by atoms with E-state index < -0.39 is 30.1 Å². The molecule has 1 aliphatic rings. The Balaban J connectivity index is 1.48. The van der Waals surface area contributed by atoms with Gasteiger partial charge in [-0.15, -0.1) is 5.10 Å². The number of aromatic nitrogens is 6. The van der Waals surface area contributed by atoms with Crippen LogP contribution in [0.3, 0.4) is 0 Å². The number of hydrogen-bond donors (Lipinski definition) is 3. The molecule has 0 saturated carbocycles. The predicted octanol–water partition coefficient (Wildman–Crippen LogP) is 6.52. The average Bonchev–Trinajstić information content (AvgIpc) is 3.67. The number of imidazole rings is 1. The Hall–Kier alpha value is -4.14. The van der Waals surface area contributed by atoms with Crippen molar-refractivity contribution >= 4 is 58.4 Å². The summed E-state index contributed by atoms with van der Waals surface area (Å²) in [7, 11) is 1.20. The van der Waals surface area contributed by atoms with Gasteiger partial charge in [-0.25, -0.2) is 4.98 Å². The topological polar surface area (TPSA) is 140 Å². The minimum absolute atomic E-state index is 0.0254. The van der Waals surface area contributed by atoms with Crippen molar-refractivity contribution in [3.63, 3.8) is 0 Å². The number of nitrogens with zero attached hydrogens (tertiary/aromatic N) is 5. The molecule has 0 saturated heterocycles. The highest BCUT2D eigenvalue weighted by molar-refractivity contribution is 6.33. The summed E-state index contributed by atoms with van der Waals surface area (Å²) in [5.41, 5.74) is 1.73. The zero-order valence-corrected chi connectivity index (χ0v) is 26.3. The summed E-state index contributed by atoms with van der Waals surface area (Å²) in [6.07, 6.45) is -0.0925. The molecule has 1 aliphatic heterocycles. The summed E-state index contributed by atoms with van der Waals surface area (Å²) in [6, 6.07) is 5.12. The molecule has 46 heavy (non-hydrogen) atoms. The van der Waals surface area contributed by atoms with Gasteiger partial charge in [0, 0.05) is 32.9 Å². The van der Waals surface area contributed by atoms with Gasteiger partial charge in [0.25, 0.3) is 0 Å². The highest BCUT2D eigenvalue weighted by Gasteiger charge is 2.40. The molecule has 4 aromatic rings. The fraction of sp³-hybridized carbons (Fsp3) is 0.310. The number of tetrazole rings is 1. The van der Waals surface area contributed by atoms with E-state index in [4.69, 9.17) is 39.5 Å². The van der Waals surface area contributed by atoms with Crippen molar-refractivity contribution in [2.75, 3.05) is 12.4 Å². The number of rotatable bonds is 6. The zero-order valence-electron chi connectivity index (χ0n) is 24.0. The molecule has 242 valence electrons. The van der Waals surface area contributed by atoms with Gasteiger partial charge in [-0.2, -0.15) is 17.9 Å². The summed E-state index contributed by atoms with van der Waals surface area (Å²) in [5, 5.41) is 17.2. The molecule has 2 aromatic carbocycles. The van der Waals surface area contributed by atoms with E-state index in [0.717, 1.165) is 0 Å². The van der Waals surface area contributed by atoms with Crippen LogP contribution in [0, 0.1) is 0 Å². The van der Waals surface area contributed by atoms with Crippen molar-refractivity contribution in [3.05, 3.63) is 74.9 Å². The first-order chi connectivity index (χ1) is 21.9. The number of halogens is 6. The normalized spacial score (nSPS) is 17.0. The van der Waals surface area contributed by atoms with Gasteiger partial charge in [0.1, 0.15) is 29.0 Å². The van der Waals surface area contributed by atoms with Crippen molar-refractivity contribution in [2.24, 2.45) is 0 Å². The lowest BCUT2D eigenvalue weighted by molar-refractivity contribution is -0.144. The minimum Gasteiger partial charge on any atom is -0.469 e. The number of fused-ring (bicyclic) bond motifs is 4. The summed E-state index contributed by atoms with van der Waals surface area (Å²) >= 11 is 19.2. The second kappa shape index (κ2) is 14.1. The van der Waals surface area contributed by atoms with Crippen LogP contribution in [0.4, 0.5) is 18.9 Å². The molecule has 0 aliphatic carbocycles. The number of aromatic amines is 1. The smallest absolute Gasteiger partial charge is 0.408 e. The van der Waals surface area contributed by atoms with E-state index in [1.165, 1.54) is 42.4 Å². The van der Waals surface area contributed by atoms with Crippen molar-refractivity contribution in [1.29, 1.82) is 0 Å². The summed E-state index contributed by atoms with van der Waals surface area (Å²) in [6.45, 7) is 0. The molecule has 17 heteroatoms. The van der Waals surface area contributed by atoms with Crippen LogP contribution in [-0.2, 0) is 20.7 Å². The number of anilines is 1. The minimum atomic E-state index is -4.59. The molecule has 3 N–H and O–H groups in total. The number of methoxy groups -OCH3 is 1. The molecular weight excluding hydrogens is 672 g/mol. The number of carbonyl (C=O) groups excluding carboxylic acids is 2. The second-order valence-corrected chi connectivity index (χ2v) is 11.6. The van der Waals surface area contributed by atoms with Crippen LogP contribution in [0.25, 0.3) is 23.0 Å². The van der Waals surface area contributed by atoms with Crippen LogP contribution in [0.15, 0.2) is 42.7 Å². The van der Waals surface area contributed by atoms with E-state index in [1.807, 2.05) is 0 Å². The molecule has 0 radical (unpaired) electrons. The molecule has 3 heterocycles. The van der Waals surface area contributed by atoms with E-state index >= 15 is 0 Å².